The first-order valence-electron chi connectivity index (χ1n) is 3.85. The SMILES string of the molecule is COC(=O)/C=C/C1=NCCN=C1N. The molecular formula is C8H11N3O2. The number of amidine groups is 1. The minimum Gasteiger partial charge on any atom is -0.466 e. The van der Waals surface area contributed by atoms with Gasteiger partial charge >= 0.3 is 5.97 Å². The van der Waals surface area contributed by atoms with Crippen LogP contribution < -0.4 is 5.73 Å². The van der Waals surface area contributed by atoms with E-state index in [1.165, 1.54) is 19.3 Å². The van der Waals surface area contributed by atoms with Crippen molar-refractivity contribution in [2.45, 2.75) is 0 Å². The van der Waals surface area contributed by atoms with Gasteiger partial charge in [-0.15, -0.1) is 0 Å². The van der Waals surface area contributed by atoms with E-state index in [-0.39, 0.29) is 0 Å². The first-order valence-corrected chi connectivity index (χ1v) is 3.85. The Labute approximate surface area is 76.0 Å². The maximum absolute atomic E-state index is 10.7. The molecule has 0 aromatic heterocycles. The first kappa shape index (κ1) is 9.44. The van der Waals surface area contributed by atoms with E-state index in [0.717, 1.165) is 0 Å². The van der Waals surface area contributed by atoms with Gasteiger partial charge in [-0.25, -0.2) is 4.79 Å². The van der Waals surface area contributed by atoms with Crippen molar-refractivity contribution in [1.82, 2.24) is 0 Å². The molecule has 0 spiro atoms. The van der Waals surface area contributed by atoms with Crippen LogP contribution in [-0.2, 0) is 9.53 Å². The van der Waals surface area contributed by atoms with Gasteiger partial charge in [0.05, 0.1) is 25.9 Å². The zero-order valence-corrected chi connectivity index (χ0v) is 7.36. The zero-order chi connectivity index (χ0) is 9.68. The van der Waals surface area contributed by atoms with Crippen molar-refractivity contribution in [1.29, 1.82) is 0 Å². The minimum absolute atomic E-state index is 0.367. The third kappa shape index (κ3) is 2.70. The molecule has 0 unspecified atom stereocenters. The Morgan fingerprint density at radius 1 is 1.54 bits per heavy atom. The highest BCUT2D eigenvalue weighted by molar-refractivity contribution is 6.45. The molecule has 0 aromatic carbocycles. The van der Waals surface area contributed by atoms with E-state index < -0.39 is 5.97 Å². The van der Waals surface area contributed by atoms with Gasteiger partial charge < -0.3 is 10.5 Å². The molecule has 13 heavy (non-hydrogen) atoms. The number of methoxy groups -OCH3 is 1. The van der Waals surface area contributed by atoms with E-state index in [2.05, 4.69) is 14.7 Å². The van der Waals surface area contributed by atoms with Crippen LogP contribution in [0.15, 0.2) is 22.1 Å². The number of hydrogen-bond donors (Lipinski definition) is 1. The van der Waals surface area contributed by atoms with Crippen molar-refractivity contribution in [3.63, 3.8) is 0 Å². The van der Waals surface area contributed by atoms with Gasteiger partial charge in [-0.05, 0) is 6.08 Å². The average molecular weight is 181 g/mol. The van der Waals surface area contributed by atoms with E-state index in [9.17, 15) is 4.79 Å². The van der Waals surface area contributed by atoms with E-state index in [4.69, 9.17) is 5.73 Å². The average Bonchev–Trinajstić information content (AvgIpc) is 2.16. The predicted octanol–water partition coefficient (Wildman–Crippen LogP) is -0.473. The Bertz CT molecular complexity index is 292. The molecule has 0 fully saturated rings. The standard InChI is InChI=1S/C8H11N3O2/c1-13-7(12)3-2-6-8(9)11-5-4-10-6/h2-3H,4-5H2,1H3,(H2,9,11)/b3-2+. The lowest BCUT2D eigenvalue weighted by Crippen LogP contribution is -2.26. The van der Waals surface area contributed by atoms with Gasteiger partial charge in [0.1, 0.15) is 5.84 Å². The topological polar surface area (TPSA) is 77.0 Å². The molecule has 0 bridgehead atoms. The van der Waals surface area contributed by atoms with Gasteiger partial charge in [0.15, 0.2) is 0 Å². The van der Waals surface area contributed by atoms with Crippen molar-refractivity contribution < 1.29 is 9.53 Å². The number of hydrogen-bond acceptors (Lipinski definition) is 5. The summed E-state index contributed by atoms with van der Waals surface area (Å²) in [6.07, 6.45) is 2.77. The lowest BCUT2D eigenvalue weighted by Gasteiger charge is -2.05. The maximum atomic E-state index is 10.7. The van der Waals surface area contributed by atoms with Crippen molar-refractivity contribution >= 4 is 17.5 Å². The number of ether oxygens (including phenoxy) is 1. The van der Waals surface area contributed by atoms with Crippen LogP contribution in [0.25, 0.3) is 0 Å². The molecule has 1 heterocycles. The van der Waals surface area contributed by atoms with Gasteiger partial charge in [0.2, 0.25) is 0 Å². The fourth-order valence-corrected chi connectivity index (χ4v) is 0.856. The summed E-state index contributed by atoms with van der Waals surface area (Å²) in [5.41, 5.74) is 6.06. The molecule has 0 aliphatic carbocycles. The summed E-state index contributed by atoms with van der Waals surface area (Å²) in [7, 11) is 1.31. The largest absolute Gasteiger partial charge is 0.466 e. The van der Waals surface area contributed by atoms with Gasteiger partial charge in [-0.2, -0.15) is 0 Å². The monoisotopic (exact) mass is 181 g/mol. The molecule has 0 amide bonds. The fourth-order valence-electron chi connectivity index (χ4n) is 0.856. The van der Waals surface area contributed by atoms with Crippen LogP contribution in [0, 0.1) is 0 Å². The molecular weight excluding hydrogens is 170 g/mol. The Morgan fingerprint density at radius 2 is 2.23 bits per heavy atom. The van der Waals surface area contributed by atoms with Crippen molar-refractivity contribution in [3.05, 3.63) is 12.2 Å². The quantitative estimate of drug-likeness (QED) is 0.462. The van der Waals surface area contributed by atoms with E-state index in [0.29, 0.717) is 24.6 Å². The molecule has 0 aromatic rings. The van der Waals surface area contributed by atoms with Crippen LogP contribution >= 0.6 is 0 Å². The summed E-state index contributed by atoms with van der Waals surface area (Å²) in [4.78, 5) is 18.8. The summed E-state index contributed by atoms with van der Waals surface area (Å²) in [5.74, 6) is -0.0625. The van der Waals surface area contributed by atoms with E-state index in [1.54, 1.807) is 0 Å². The Balaban J connectivity index is 2.63. The summed E-state index contributed by atoms with van der Waals surface area (Å²) in [6, 6.07) is 0. The van der Waals surface area contributed by atoms with E-state index >= 15 is 0 Å². The number of aliphatic imine (C=N–C) groups is 2. The van der Waals surface area contributed by atoms with Gasteiger partial charge in [-0.3, -0.25) is 9.98 Å². The zero-order valence-electron chi connectivity index (χ0n) is 7.36. The van der Waals surface area contributed by atoms with Crippen LogP contribution in [0.1, 0.15) is 0 Å². The maximum Gasteiger partial charge on any atom is 0.330 e. The smallest absolute Gasteiger partial charge is 0.330 e. The van der Waals surface area contributed by atoms with Gasteiger partial charge in [0, 0.05) is 6.08 Å². The molecule has 2 N–H and O–H groups in total. The second kappa shape index (κ2) is 4.39. The summed E-state index contributed by atoms with van der Waals surface area (Å²) in [5, 5.41) is 0. The number of nitrogens with zero attached hydrogens (tertiary/aromatic N) is 2. The third-order valence-electron chi connectivity index (χ3n) is 1.51. The molecule has 0 saturated heterocycles. The Kier molecular flexibility index (Phi) is 3.19. The molecule has 0 radical (unpaired) electrons. The van der Waals surface area contributed by atoms with Crippen LogP contribution in [0.4, 0.5) is 0 Å². The second-order valence-corrected chi connectivity index (χ2v) is 2.39. The highest BCUT2D eigenvalue weighted by atomic mass is 16.5. The van der Waals surface area contributed by atoms with Crippen LogP contribution in [0.5, 0.6) is 0 Å². The molecule has 1 aliphatic rings. The molecule has 1 rings (SSSR count). The first-order chi connectivity index (χ1) is 6.24. The summed E-state index contributed by atoms with van der Waals surface area (Å²) >= 11 is 0. The minimum atomic E-state index is -0.430. The van der Waals surface area contributed by atoms with Crippen molar-refractivity contribution in [2.75, 3.05) is 20.2 Å². The van der Waals surface area contributed by atoms with Crippen LogP contribution in [-0.4, -0.2) is 37.7 Å². The lowest BCUT2D eigenvalue weighted by atomic mass is 10.3. The van der Waals surface area contributed by atoms with E-state index in [1.807, 2.05) is 0 Å². The molecule has 0 atom stereocenters. The van der Waals surface area contributed by atoms with Crippen LogP contribution in [0.2, 0.25) is 0 Å². The van der Waals surface area contributed by atoms with Gasteiger partial charge in [0.25, 0.3) is 0 Å². The van der Waals surface area contributed by atoms with Crippen molar-refractivity contribution in [3.8, 4) is 0 Å². The highest BCUT2D eigenvalue weighted by Crippen LogP contribution is 1.92. The number of rotatable bonds is 2. The molecule has 70 valence electrons. The highest BCUT2D eigenvalue weighted by Gasteiger charge is 2.05. The second-order valence-electron chi connectivity index (χ2n) is 2.39. The van der Waals surface area contributed by atoms with Gasteiger partial charge in [-0.1, -0.05) is 0 Å². The van der Waals surface area contributed by atoms with Crippen LogP contribution in [0.3, 0.4) is 0 Å². The molecule has 0 saturated carbocycles. The fraction of sp³-hybridized carbons (Fsp3) is 0.375. The normalized spacial score (nSPS) is 16.7. The third-order valence-corrected chi connectivity index (χ3v) is 1.51. The molecule has 5 heteroatoms. The number of nitrogens with two attached hydrogens (primary N) is 1. The molecule has 5 nitrogen and oxygen atoms in total. The number of carbonyl (C=O) groups is 1. The number of carbonyl (C=O) groups excluding carboxylic acids is 1. The molecule has 1 aliphatic heterocycles. The summed E-state index contributed by atoms with van der Waals surface area (Å²) in [6.45, 7) is 1.23. The predicted molar refractivity (Wildman–Crippen MR) is 49.9 cm³/mol. The Hall–Kier alpha value is -1.65. The Morgan fingerprint density at radius 3 is 2.85 bits per heavy atom. The summed E-state index contributed by atoms with van der Waals surface area (Å²) < 4.78 is 4.42. The number of esters is 1. The lowest BCUT2D eigenvalue weighted by molar-refractivity contribution is -0.134. The van der Waals surface area contributed by atoms with Crippen molar-refractivity contribution in [2.24, 2.45) is 15.7 Å².